The highest BCUT2D eigenvalue weighted by molar-refractivity contribution is 5.85. The molecule has 1 aliphatic heterocycles. The van der Waals surface area contributed by atoms with Crippen molar-refractivity contribution in [2.24, 2.45) is 0 Å². The van der Waals surface area contributed by atoms with E-state index >= 15 is 0 Å². The molecule has 1 N–H and O–H groups in total. The molecule has 2 atom stereocenters. The predicted molar refractivity (Wildman–Crippen MR) is 56.8 cm³/mol. The lowest BCUT2D eigenvalue weighted by atomic mass is 9.94. The third-order valence-corrected chi connectivity index (χ3v) is 4.14. The molecule has 3 nitrogen and oxygen atoms in total. The largest absolute Gasteiger partial charge is 0.489 e. The Labute approximate surface area is 93.0 Å². The first-order valence-electron chi connectivity index (χ1n) is 5.75. The molecular weight excluding hydrogens is 204 g/mol. The number of hydrogen-bond acceptors (Lipinski definition) is 2. The second-order valence-corrected chi connectivity index (χ2v) is 5.14. The third kappa shape index (κ3) is 0.913. The first-order valence-corrected chi connectivity index (χ1v) is 5.75. The van der Waals surface area contributed by atoms with Crippen LogP contribution >= 0.6 is 0 Å². The van der Waals surface area contributed by atoms with Gasteiger partial charge in [-0.2, -0.15) is 0 Å². The van der Waals surface area contributed by atoms with E-state index in [1.54, 1.807) is 0 Å². The molecule has 0 bridgehead atoms. The number of carboxylic acids is 1. The Morgan fingerprint density at radius 3 is 2.94 bits per heavy atom. The van der Waals surface area contributed by atoms with Crippen molar-refractivity contribution in [3.8, 4) is 5.75 Å². The van der Waals surface area contributed by atoms with Crippen LogP contribution in [0.2, 0.25) is 0 Å². The Hall–Kier alpha value is -1.51. The van der Waals surface area contributed by atoms with Crippen LogP contribution < -0.4 is 4.74 Å². The average molecular weight is 216 g/mol. The molecule has 3 aliphatic rings. The van der Waals surface area contributed by atoms with Crippen molar-refractivity contribution in [1.82, 2.24) is 0 Å². The van der Waals surface area contributed by atoms with Gasteiger partial charge in [-0.05, 0) is 30.9 Å². The van der Waals surface area contributed by atoms with Crippen molar-refractivity contribution in [3.05, 3.63) is 29.3 Å². The molecule has 0 saturated heterocycles. The highest BCUT2D eigenvalue weighted by atomic mass is 16.5. The standard InChI is InChI=1S/C13H12O3/c14-12(15)13(3-4-13)7-1-2-8-9-6-11(9)16-10(8)5-7/h1-2,5,9,11H,3-4,6H2,(H,14,15). The molecule has 0 spiro atoms. The molecule has 16 heavy (non-hydrogen) atoms. The fourth-order valence-electron chi connectivity index (χ4n) is 2.78. The van der Waals surface area contributed by atoms with Crippen molar-refractivity contribution in [1.29, 1.82) is 0 Å². The van der Waals surface area contributed by atoms with Crippen LogP contribution in [0.4, 0.5) is 0 Å². The summed E-state index contributed by atoms with van der Waals surface area (Å²) >= 11 is 0. The molecular formula is C13H12O3. The topological polar surface area (TPSA) is 46.5 Å². The number of carboxylic acid groups (broad SMARTS) is 1. The number of ether oxygens (including phenoxy) is 1. The Morgan fingerprint density at radius 2 is 2.25 bits per heavy atom. The maximum absolute atomic E-state index is 11.2. The van der Waals surface area contributed by atoms with Crippen LogP contribution in [0.3, 0.4) is 0 Å². The van der Waals surface area contributed by atoms with Crippen LogP contribution in [-0.4, -0.2) is 17.2 Å². The van der Waals surface area contributed by atoms with E-state index in [9.17, 15) is 9.90 Å². The average Bonchev–Trinajstić information content (AvgIpc) is 3.15. The summed E-state index contributed by atoms with van der Waals surface area (Å²) in [7, 11) is 0. The monoisotopic (exact) mass is 216 g/mol. The van der Waals surface area contributed by atoms with Gasteiger partial charge in [0.15, 0.2) is 0 Å². The van der Waals surface area contributed by atoms with Crippen LogP contribution in [0.15, 0.2) is 18.2 Å². The smallest absolute Gasteiger partial charge is 0.314 e. The molecule has 2 saturated carbocycles. The highest BCUT2D eigenvalue weighted by Gasteiger charge is 2.53. The summed E-state index contributed by atoms with van der Waals surface area (Å²) in [4.78, 5) is 11.2. The van der Waals surface area contributed by atoms with Crippen molar-refractivity contribution in [2.75, 3.05) is 0 Å². The summed E-state index contributed by atoms with van der Waals surface area (Å²) in [6.45, 7) is 0. The lowest BCUT2D eigenvalue weighted by molar-refractivity contribution is -0.140. The second-order valence-electron chi connectivity index (χ2n) is 5.14. The van der Waals surface area contributed by atoms with Crippen LogP contribution in [0.1, 0.15) is 36.3 Å². The first-order chi connectivity index (χ1) is 7.71. The fraction of sp³-hybridized carbons (Fsp3) is 0.462. The first kappa shape index (κ1) is 8.62. The van der Waals surface area contributed by atoms with Gasteiger partial charge in [0.1, 0.15) is 11.9 Å². The maximum atomic E-state index is 11.2. The van der Waals surface area contributed by atoms with E-state index in [1.807, 2.05) is 12.1 Å². The van der Waals surface area contributed by atoms with Gasteiger partial charge in [-0.3, -0.25) is 4.79 Å². The molecule has 1 aromatic rings. The van der Waals surface area contributed by atoms with Gasteiger partial charge in [-0.15, -0.1) is 0 Å². The van der Waals surface area contributed by atoms with E-state index < -0.39 is 11.4 Å². The summed E-state index contributed by atoms with van der Waals surface area (Å²) < 4.78 is 5.73. The quantitative estimate of drug-likeness (QED) is 0.823. The van der Waals surface area contributed by atoms with Crippen molar-refractivity contribution >= 4 is 5.97 Å². The van der Waals surface area contributed by atoms with Gasteiger partial charge in [-0.25, -0.2) is 0 Å². The lowest BCUT2D eigenvalue weighted by Crippen LogP contribution is -2.19. The van der Waals surface area contributed by atoms with Gasteiger partial charge in [0, 0.05) is 11.5 Å². The summed E-state index contributed by atoms with van der Waals surface area (Å²) in [5.41, 5.74) is 1.58. The number of fused-ring (bicyclic) bond motifs is 3. The molecule has 82 valence electrons. The van der Waals surface area contributed by atoms with E-state index in [-0.39, 0.29) is 0 Å². The van der Waals surface area contributed by atoms with Gasteiger partial charge in [0.2, 0.25) is 0 Å². The van der Waals surface area contributed by atoms with Gasteiger partial charge < -0.3 is 9.84 Å². The minimum Gasteiger partial charge on any atom is -0.489 e. The Bertz CT molecular complexity index is 502. The fourth-order valence-corrected chi connectivity index (χ4v) is 2.78. The Morgan fingerprint density at radius 1 is 1.44 bits per heavy atom. The maximum Gasteiger partial charge on any atom is 0.314 e. The number of carbonyl (C=O) groups is 1. The molecule has 2 aliphatic carbocycles. The van der Waals surface area contributed by atoms with Crippen molar-refractivity contribution < 1.29 is 14.6 Å². The van der Waals surface area contributed by atoms with Crippen LogP contribution in [0, 0.1) is 0 Å². The van der Waals surface area contributed by atoms with E-state index in [2.05, 4.69) is 6.07 Å². The zero-order valence-corrected chi connectivity index (χ0v) is 8.77. The summed E-state index contributed by atoms with van der Waals surface area (Å²) in [5, 5.41) is 9.23. The zero-order valence-electron chi connectivity index (χ0n) is 8.77. The minimum atomic E-state index is -0.699. The molecule has 0 aromatic heterocycles. The van der Waals surface area contributed by atoms with E-state index in [0.29, 0.717) is 12.0 Å². The number of hydrogen-bond donors (Lipinski definition) is 1. The molecule has 1 aromatic carbocycles. The summed E-state index contributed by atoms with van der Waals surface area (Å²) in [5.74, 6) is 0.811. The molecule has 4 rings (SSSR count). The van der Waals surface area contributed by atoms with E-state index in [0.717, 1.165) is 30.6 Å². The summed E-state index contributed by atoms with van der Waals surface area (Å²) in [6, 6.07) is 5.98. The van der Waals surface area contributed by atoms with Gasteiger partial charge >= 0.3 is 5.97 Å². The van der Waals surface area contributed by atoms with Gasteiger partial charge in [0.05, 0.1) is 5.41 Å². The minimum absolute atomic E-state index is 0.380. The number of benzene rings is 1. The number of rotatable bonds is 2. The summed E-state index contributed by atoms with van der Waals surface area (Å²) in [6.07, 6.45) is 3.03. The van der Waals surface area contributed by atoms with E-state index in [1.165, 1.54) is 5.56 Å². The Balaban J connectivity index is 1.79. The Kier molecular flexibility index (Phi) is 1.30. The highest BCUT2D eigenvalue weighted by Crippen LogP contribution is 2.56. The van der Waals surface area contributed by atoms with Crippen molar-refractivity contribution in [2.45, 2.75) is 36.7 Å². The lowest BCUT2D eigenvalue weighted by Gasteiger charge is -2.12. The molecule has 2 fully saturated rings. The van der Waals surface area contributed by atoms with Crippen LogP contribution in [-0.2, 0) is 10.2 Å². The van der Waals surface area contributed by atoms with E-state index in [4.69, 9.17) is 4.74 Å². The number of aliphatic carboxylic acids is 1. The molecule has 0 radical (unpaired) electrons. The van der Waals surface area contributed by atoms with Crippen LogP contribution in [0.25, 0.3) is 0 Å². The van der Waals surface area contributed by atoms with Gasteiger partial charge in [0.25, 0.3) is 0 Å². The molecule has 3 heteroatoms. The normalized spacial score (nSPS) is 31.2. The SMILES string of the molecule is O=C(O)C1(c2ccc3c(c2)OC2CC32)CC1. The van der Waals surface area contributed by atoms with Crippen molar-refractivity contribution in [3.63, 3.8) is 0 Å². The molecule has 1 heterocycles. The van der Waals surface area contributed by atoms with Gasteiger partial charge in [-0.1, -0.05) is 12.1 Å². The predicted octanol–water partition coefficient (Wildman–Crippen LogP) is 2.05. The third-order valence-electron chi connectivity index (χ3n) is 4.14. The van der Waals surface area contributed by atoms with Crippen LogP contribution in [0.5, 0.6) is 5.75 Å². The molecule has 0 amide bonds. The second kappa shape index (κ2) is 2.42. The zero-order chi connectivity index (χ0) is 10.9. The molecule has 2 unspecified atom stereocenters.